The highest BCUT2D eigenvalue weighted by Crippen LogP contribution is 2.36. The van der Waals surface area contributed by atoms with Crippen molar-refractivity contribution in [3.63, 3.8) is 0 Å². The Kier molecular flexibility index (Phi) is 5.05. The summed E-state index contributed by atoms with van der Waals surface area (Å²) < 4.78 is 21.0. The van der Waals surface area contributed by atoms with Gasteiger partial charge in [-0.15, -0.1) is 0 Å². The molecule has 0 spiro atoms. The summed E-state index contributed by atoms with van der Waals surface area (Å²) in [6, 6.07) is 5.58. The largest absolute Gasteiger partial charge is 0.493 e. The van der Waals surface area contributed by atoms with Gasteiger partial charge < -0.3 is 24.5 Å². The molecule has 0 amide bonds. The molecule has 1 heterocycles. The lowest BCUT2D eigenvalue weighted by atomic mass is 10.0. The quantitative estimate of drug-likeness (QED) is 0.790. The third-order valence-electron chi connectivity index (χ3n) is 3.15. The van der Waals surface area contributed by atoms with Gasteiger partial charge in [0, 0.05) is 13.0 Å². The topological polar surface area (TPSA) is 79.7 Å². The van der Waals surface area contributed by atoms with Crippen LogP contribution in [0.1, 0.15) is 12.6 Å². The van der Waals surface area contributed by atoms with Crippen LogP contribution in [0, 0.1) is 0 Å². The Morgan fingerprint density at radius 1 is 1.19 bits per heavy atom. The van der Waals surface area contributed by atoms with Crippen molar-refractivity contribution in [3.05, 3.63) is 23.9 Å². The highest BCUT2D eigenvalue weighted by atomic mass is 16.5. The van der Waals surface area contributed by atoms with E-state index in [-0.39, 0.29) is 5.88 Å². The van der Waals surface area contributed by atoms with Crippen molar-refractivity contribution in [2.75, 3.05) is 33.2 Å². The van der Waals surface area contributed by atoms with Crippen LogP contribution in [-0.4, -0.2) is 32.6 Å². The molecule has 0 aliphatic heterocycles. The summed E-state index contributed by atoms with van der Waals surface area (Å²) in [6.07, 6.45) is 0.637. The van der Waals surface area contributed by atoms with Gasteiger partial charge in [-0.2, -0.15) is 0 Å². The van der Waals surface area contributed by atoms with Gasteiger partial charge in [0.15, 0.2) is 11.5 Å². The second-order valence-corrected chi connectivity index (χ2v) is 4.39. The lowest BCUT2D eigenvalue weighted by molar-refractivity contribution is 0.149. The second-order valence-electron chi connectivity index (χ2n) is 4.39. The predicted molar refractivity (Wildman–Crippen MR) is 79.7 cm³/mol. The van der Waals surface area contributed by atoms with Crippen molar-refractivity contribution >= 4 is 5.88 Å². The fourth-order valence-corrected chi connectivity index (χ4v) is 2.12. The third kappa shape index (κ3) is 3.28. The Bertz CT molecular complexity index is 595. The molecule has 0 saturated heterocycles. The van der Waals surface area contributed by atoms with E-state index < -0.39 is 0 Å². The molecule has 0 fully saturated rings. The lowest BCUT2D eigenvalue weighted by Gasteiger charge is -2.09. The van der Waals surface area contributed by atoms with Crippen molar-refractivity contribution in [2.45, 2.75) is 13.3 Å². The van der Waals surface area contributed by atoms with E-state index in [4.69, 9.17) is 24.5 Å². The summed E-state index contributed by atoms with van der Waals surface area (Å²) in [6.45, 7) is 3.19. The average molecular weight is 292 g/mol. The monoisotopic (exact) mass is 292 g/mol. The first-order chi connectivity index (χ1) is 10.2. The minimum absolute atomic E-state index is 0.286. The highest BCUT2D eigenvalue weighted by molar-refractivity contribution is 5.76. The van der Waals surface area contributed by atoms with Crippen molar-refractivity contribution in [3.8, 4) is 22.6 Å². The molecule has 0 bridgehead atoms. The predicted octanol–water partition coefficient (Wildman–Crippen LogP) is 2.52. The maximum Gasteiger partial charge on any atom is 0.230 e. The van der Waals surface area contributed by atoms with Crippen LogP contribution in [0.5, 0.6) is 11.5 Å². The highest BCUT2D eigenvalue weighted by Gasteiger charge is 2.17. The number of ether oxygens (including phenoxy) is 3. The number of methoxy groups -OCH3 is 2. The first-order valence-electron chi connectivity index (χ1n) is 6.75. The SMILES string of the molecule is CCOCCc1noc(N)c1-c1ccc(OC)c(OC)c1. The van der Waals surface area contributed by atoms with Crippen LogP contribution in [0.3, 0.4) is 0 Å². The van der Waals surface area contributed by atoms with Crippen LogP contribution in [-0.2, 0) is 11.2 Å². The number of nitrogens with zero attached hydrogens (tertiary/aromatic N) is 1. The van der Waals surface area contributed by atoms with E-state index in [0.717, 1.165) is 16.8 Å². The van der Waals surface area contributed by atoms with Gasteiger partial charge in [0.05, 0.1) is 32.1 Å². The van der Waals surface area contributed by atoms with Crippen molar-refractivity contribution in [2.24, 2.45) is 0 Å². The van der Waals surface area contributed by atoms with Gasteiger partial charge in [-0.05, 0) is 24.6 Å². The van der Waals surface area contributed by atoms with Gasteiger partial charge in [-0.3, -0.25) is 0 Å². The molecule has 2 rings (SSSR count). The van der Waals surface area contributed by atoms with Gasteiger partial charge in [0.2, 0.25) is 5.88 Å². The van der Waals surface area contributed by atoms with E-state index in [2.05, 4.69) is 5.16 Å². The van der Waals surface area contributed by atoms with E-state index >= 15 is 0 Å². The number of rotatable bonds is 7. The van der Waals surface area contributed by atoms with E-state index in [0.29, 0.717) is 31.1 Å². The molecule has 21 heavy (non-hydrogen) atoms. The smallest absolute Gasteiger partial charge is 0.230 e. The molecule has 1 aromatic heterocycles. The van der Waals surface area contributed by atoms with E-state index in [1.165, 1.54) is 0 Å². The van der Waals surface area contributed by atoms with Crippen molar-refractivity contribution in [1.29, 1.82) is 0 Å². The number of anilines is 1. The molecule has 0 radical (unpaired) electrons. The third-order valence-corrected chi connectivity index (χ3v) is 3.15. The van der Waals surface area contributed by atoms with Crippen molar-refractivity contribution in [1.82, 2.24) is 5.16 Å². The molecule has 0 aliphatic carbocycles. The van der Waals surface area contributed by atoms with E-state index in [1.54, 1.807) is 14.2 Å². The maximum atomic E-state index is 5.90. The van der Waals surface area contributed by atoms with Crippen LogP contribution >= 0.6 is 0 Å². The van der Waals surface area contributed by atoms with Gasteiger partial charge in [0.25, 0.3) is 0 Å². The molecule has 0 atom stereocenters. The lowest BCUT2D eigenvalue weighted by Crippen LogP contribution is -2.00. The van der Waals surface area contributed by atoms with E-state index in [9.17, 15) is 0 Å². The van der Waals surface area contributed by atoms with Gasteiger partial charge >= 0.3 is 0 Å². The van der Waals surface area contributed by atoms with Gasteiger partial charge in [-0.1, -0.05) is 11.2 Å². The molecular formula is C15H20N2O4. The normalized spacial score (nSPS) is 10.6. The summed E-state index contributed by atoms with van der Waals surface area (Å²) in [5.41, 5.74) is 8.32. The Morgan fingerprint density at radius 2 is 1.95 bits per heavy atom. The number of benzene rings is 1. The van der Waals surface area contributed by atoms with Crippen molar-refractivity contribution < 1.29 is 18.7 Å². The molecule has 0 unspecified atom stereocenters. The zero-order valence-corrected chi connectivity index (χ0v) is 12.5. The fourth-order valence-electron chi connectivity index (χ4n) is 2.12. The number of hydrogen-bond acceptors (Lipinski definition) is 6. The summed E-state index contributed by atoms with van der Waals surface area (Å²) in [5.74, 6) is 1.58. The fraction of sp³-hybridized carbons (Fsp3) is 0.400. The Hall–Kier alpha value is -2.21. The second kappa shape index (κ2) is 6.99. The summed E-state index contributed by atoms with van der Waals surface area (Å²) >= 11 is 0. The van der Waals surface area contributed by atoms with E-state index in [1.807, 2.05) is 25.1 Å². The number of hydrogen-bond donors (Lipinski definition) is 1. The molecule has 6 heteroatoms. The average Bonchev–Trinajstić information content (AvgIpc) is 2.87. The molecule has 1 aromatic carbocycles. The molecular weight excluding hydrogens is 272 g/mol. The summed E-state index contributed by atoms with van der Waals surface area (Å²) in [5, 5.41) is 4.01. The number of nitrogen functional groups attached to an aromatic ring is 1. The zero-order valence-electron chi connectivity index (χ0n) is 12.5. The van der Waals surface area contributed by atoms with Crippen LogP contribution in [0.4, 0.5) is 5.88 Å². The number of nitrogens with two attached hydrogens (primary N) is 1. The molecule has 2 aromatic rings. The minimum atomic E-state index is 0.286. The Morgan fingerprint density at radius 3 is 2.62 bits per heavy atom. The molecule has 114 valence electrons. The van der Waals surface area contributed by atoms with Gasteiger partial charge in [-0.25, -0.2) is 0 Å². The van der Waals surface area contributed by atoms with Crippen LogP contribution in [0.15, 0.2) is 22.7 Å². The van der Waals surface area contributed by atoms with Crippen LogP contribution in [0.25, 0.3) is 11.1 Å². The summed E-state index contributed by atoms with van der Waals surface area (Å²) in [7, 11) is 3.19. The number of aromatic nitrogens is 1. The Balaban J connectivity index is 2.34. The molecule has 2 N–H and O–H groups in total. The van der Waals surface area contributed by atoms with Gasteiger partial charge in [0.1, 0.15) is 0 Å². The zero-order chi connectivity index (χ0) is 15.2. The molecule has 0 saturated carbocycles. The maximum absolute atomic E-state index is 5.90. The van der Waals surface area contributed by atoms with Crippen LogP contribution in [0.2, 0.25) is 0 Å². The standard InChI is InChI=1S/C15H20N2O4/c1-4-20-8-7-11-14(15(16)21-17-11)10-5-6-12(18-2)13(9-10)19-3/h5-6,9H,4,7-8,16H2,1-3H3. The first kappa shape index (κ1) is 15.2. The molecule has 0 aliphatic rings. The summed E-state index contributed by atoms with van der Waals surface area (Å²) in [4.78, 5) is 0. The van der Waals surface area contributed by atoms with Crippen LogP contribution < -0.4 is 15.2 Å². The first-order valence-corrected chi connectivity index (χ1v) is 6.75. The Labute approximate surface area is 123 Å². The molecule has 6 nitrogen and oxygen atoms in total. The minimum Gasteiger partial charge on any atom is -0.493 e.